The fraction of sp³-hybridized carbons (Fsp3) is 0.0500. The fourth-order valence-electron chi connectivity index (χ4n) is 2.66. The van der Waals surface area contributed by atoms with Crippen LogP contribution in [0, 0.1) is 0 Å². The van der Waals surface area contributed by atoms with Gasteiger partial charge in [0.2, 0.25) is 11.0 Å². The molecule has 28 heavy (non-hydrogen) atoms. The number of nitrogens with zero attached hydrogens (tertiary/aromatic N) is 3. The molecule has 0 aliphatic heterocycles. The fourth-order valence-corrected chi connectivity index (χ4v) is 3.78. The highest BCUT2D eigenvalue weighted by Crippen LogP contribution is 2.29. The summed E-state index contributed by atoms with van der Waals surface area (Å²) in [6.07, 6.45) is 0. The zero-order valence-electron chi connectivity index (χ0n) is 14.5. The largest absolute Gasteiger partial charge is 0.309 e. The maximum absolute atomic E-state index is 11.9. The van der Waals surface area contributed by atoms with Crippen LogP contribution in [0.1, 0.15) is 0 Å². The zero-order chi connectivity index (χ0) is 19.5. The molecule has 4 rings (SSSR count). The molecule has 8 heteroatoms. The summed E-state index contributed by atoms with van der Waals surface area (Å²) < 4.78 is 2.65. The van der Waals surface area contributed by atoms with Crippen LogP contribution < -0.4 is 5.32 Å². The van der Waals surface area contributed by atoms with Gasteiger partial charge in [0.25, 0.3) is 0 Å². The molecule has 0 saturated carbocycles. The van der Waals surface area contributed by atoms with Crippen molar-refractivity contribution in [3.8, 4) is 27.6 Å². The average molecular weight is 474 g/mol. The Hall–Kier alpha value is -2.48. The molecule has 2 aromatic carbocycles. The Morgan fingerprint density at radius 1 is 1.07 bits per heavy atom. The van der Waals surface area contributed by atoms with Crippen molar-refractivity contribution in [2.45, 2.75) is 0 Å². The van der Waals surface area contributed by atoms with E-state index in [1.165, 1.54) is 11.3 Å². The molecule has 0 aliphatic rings. The van der Waals surface area contributed by atoms with Crippen molar-refractivity contribution < 1.29 is 4.79 Å². The second kappa shape index (κ2) is 8.26. The predicted octanol–water partition coefficient (Wildman–Crippen LogP) is 5.60. The summed E-state index contributed by atoms with van der Waals surface area (Å²) in [7, 11) is 0. The van der Waals surface area contributed by atoms with Crippen molar-refractivity contribution in [1.82, 2.24) is 14.8 Å². The number of carbonyl (C=O) groups is 1. The van der Waals surface area contributed by atoms with E-state index in [2.05, 4.69) is 26.3 Å². The summed E-state index contributed by atoms with van der Waals surface area (Å²) in [5.41, 5.74) is 3.55. The highest BCUT2D eigenvalue weighted by Gasteiger charge is 2.16. The van der Waals surface area contributed by atoms with Gasteiger partial charge in [-0.2, -0.15) is 9.78 Å². The third kappa shape index (κ3) is 4.01. The van der Waals surface area contributed by atoms with E-state index in [1.54, 1.807) is 4.68 Å². The van der Waals surface area contributed by atoms with E-state index >= 15 is 0 Å². The number of alkyl halides is 1. The molecule has 0 spiro atoms. The Morgan fingerprint density at radius 3 is 2.50 bits per heavy atom. The van der Waals surface area contributed by atoms with Gasteiger partial charge in [-0.3, -0.25) is 4.79 Å². The number of benzene rings is 2. The summed E-state index contributed by atoms with van der Waals surface area (Å²) in [6, 6.07) is 19.5. The number of carbonyl (C=O) groups excluding carboxylic acids is 1. The molecule has 5 nitrogen and oxygen atoms in total. The molecule has 0 fully saturated rings. The summed E-state index contributed by atoms with van der Waals surface area (Å²) >= 11 is 10.6. The Bertz CT molecular complexity index is 1110. The second-order valence-electron chi connectivity index (χ2n) is 5.90. The number of anilines is 1. The van der Waals surface area contributed by atoms with Gasteiger partial charge in [0.1, 0.15) is 11.7 Å². The van der Waals surface area contributed by atoms with Crippen LogP contribution in [0.2, 0.25) is 0 Å². The Morgan fingerprint density at radius 2 is 1.79 bits per heavy atom. The molecule has 2 heterocycles. The van der Waals surface area contributed by atoms with E-state index in [4.69, 9.17) is 16.6 Å². The highest BCUT2D eigenvalue weighted by atomic mass is 79.9. The average Bonchev–Trinajstić information content (AvgIpc) is 3.36. The standard InChI is InChI=1S/C20H14BrClN4OS/c21-15-8-6-14(7-9-15)17-12-28-20(23-17)26-18(24-19(27)11-22)10-16(25-26)13-4-2-1-3-5-13/h1-10,12H,11H2,(H,24,27). The second-order valence-corrected chi connectivity index (χ2v) is 7.92. The van der Waals surface area contributed by atoms with Crippen molar-refractivity contribution in [2.24, 2.45) is 0 Å². The first-order chi connectivity index (χ1) is 13.6. The van der Waals surface area contributed by atoms with E-state index < -0.39 is 0 Å². The normalized spacial score (nSPS) is 10.8. The zero-order valence-corrected chi connectivity index (χ0v) is 17.6. The van der Waals surface area contributed by atoms with Crippen LogP contribution in [0.25, 0.3) is 27.6 Å². The number of hydrogen-bond acceptors (Lipinski definition) is 4. The van der Waals surface area contributed by atoms with Gasteiger partial charge in [-0.05, 0) is 12.1 Å². The maximum atomic E-state index is 11.9. The van der Waals surface area contributed by atoms with Crippen molar-refractivity contribution in [3.63, 3.8) is 0 Å². The molecule has 0 saturated heterocycles. The van der Waals surface area contributed by atoms with Gasteiger partial charge in [-0.1, -0.05) is 58.4 Å². The lowest BCUT2D eigenvalue weighted by molar-refractivity contribution is -0.114. The van der Waals surface area contributed by atoms with Crippen LogP contribution in [0.4, 0.5) is 5.82 Å². The van der Waals surface area contributed by atoms with Crippen LogP contribution in [-0.4, -0.2) is 26.6 Å². The van der Waals surface area contributed by atoms with E-state index in [0.29, 0.717) is 10.9 Å². The molecule has 1 amide bonds. The monoisotopic (exact) mass is 472 g/mol. The quantitative estimate of drug-likeness (QED) is 0.384. The lowest BCUT2D eigenvalue weighted by Gasteiger charge is -2.04. The van der Waals surface area contributed by atoms with Crippen molar-refractivity contribution in [3.05, 3.63) is 70.5 Å². The van der Waals surface area contributed by atoms with Gasteiger partial charge in [0.15, 0.2) is 0 Å². The molecule has 1 N–H and O–H groups in total. The number of halogens is 2. The van der Waals surface area contributed by atoms with Crippen molar-refractivity contribution >= 4 is 50.6 Å². The molecular formula is C20H14BrClN4OS. The maximum Gasteiger partial charge on any atom is 0.240 e. The van der Waals surface area contributed by atoms with E-state index in [9.17, 15) is 4.79 Å². The van der Waals surface area contributed by atoms with Gasteiger partial charge in [0, 0.05) is 27.0 Å². The molecule has 140 valence electrons. The van der Waals surface area contributed by atoms with Gasteiger partial charge < -0.3 is 5.32 Å². The lowest BCUT2D eigenvalue weighted by Crippen LogP contribution is -2.15. The van der Waals surface area contributed by atoms with Gasteiger partial charge in [0.05, 0.1) is 11.4 Å². The molecule has 0 radical (unpaired) electrons. The molecule has 0 atom stereocenters. The minimum atomic E-state index is -0.299. The van der Waals surface area contributed by atoms with Gasteiger partial charge in [-0.15, -0.1) is 22.9 Å². The van der Waals surface area contributed by atoms with Crippen LogP contribution >= 0.6 is 38.9 Å². The number of aromatic nitrogens is 3. The first-order valence-electron chi connectivity index (χ1n) is 8.37. The van der Waals surface area contributed by atoms with Crippen molar-refractivity contribution in [1.29, 1.82) is 0 Å². The number of amides is 1. The molecule has 4 aromatic rings. The van der Waals surface area contributed by atoms with E-state index in [-0.39, 0.29) is 11.8 Å². The Kier molecular flexibility index (Phi) is 5.57. The molecule has 0 bridgehead atoms. The smallest absolute Gasteiger partial charge is 0.240 e. The summed E-state index contributed by atoms with van der Waals surface area (Å²) in [6.45, 7) is 0. The summed E-state index contributed by atoms with van der Waals surface area (Å²) in [5.74, 6) is 0.0988. The predicted molar refractivity (Wildman–Crippen MR) is 117 cm³/mol. The first kappa shape index (κ1) is 18.9. The van der Waals surface area contributed by atoms with Crippen LogP contribution in [0.15, 0.2) is 70.5 Å². The summed E-state index contributed by atoms with van der Waals surface area (Å²) in [5, 5.41) is 10.1. The minimum absolute atomic E-state index is 0.131. The minimum Gasteiger partial charge on any atom is -0.309 e. The van der Waals surface area contributed by atoms with E-state index in [0.717, 1.165) is 27.0 Å². The van der Waals surface area contributed by atoms with E-state index in [1.807, 2.05) is 66.0 Å². The highest BCUT2D eigenvalue weighted by molar-refractivity contribution is 9.10. The van der Waals surface area contributed by atoms with Gasteiger partial charge >= 0.3 is 0 Å². The molecule has 0 unspecified atom stereocenters. The van der Waals surface area contributed by atoms with Crippen molar-refractivity contribution in [2.75, 3.05) is 11.2 Å². The van der Waals surface area contributed by atoms with Gasteiger partial charge in [-0.25, -0.2) is 4.98 Å². The molecule has 0 aliphatic carbocycles. The van der Waals surface area contributed by atoms with Crippen LogP contribution in [-0.2, 0) is 4.79 Å². The van der Waals surface area contributed by atoms with Crippen LogP contribution in [0.5, 0.6) is 0 Å². The third-order valence-electron chi connectivity index (χ3n) is 3.98. The first-order valence-corrected chi connectivity index (χ1v) is 10.6. The molecule has 2 aromatic heterocycles. The summed E-state index contributed by atoms with van der Waals surface area (Å²) in [4.78, 5) is 16.6. The number of nitrogens with one attached hydrogen (secondary N) is 1. The third-order valence-corrected chi connectivity index (χ3v) is 5.57. The SMILES string of the molecule is O=C(CCl)Nc1cc(-c2ccccc2)nn1-c1nc(-c2ccc(Br)cc2)cs1. The Balaban J connectivity index is 1.74. The molecular weight excluding hydrogens is 460 g/mol. The number of thiazole rings is 1. The topological polar surface area (TPSA) is 59.8 Å². The Labute approximate surface area is 179 Å². The van der Waals surface area contributed by atoms with Crippen LogP contribution in [0.3, 0.4) is 0 Å². The number of hydrogen-bond donors (Lipinski definition) is 1. The lowest BCUT2D eigenvalue weighted by atomic mass is 10.2. The number of rotatable bonds is 5.